The van der Waals surface area contributed by atoms with E-state index in [0.717, 1.165) is 13.1 Å². The van der Waals surface area contributed by atoms with Crippen LogP contribution in [0.3, 0.4) is 0 Å². The van der Waals surface area contributed by atoms with Crippen LogP contribution < -0.4 is 9.44 Å². The number of nitrogens with one attached hydrogen (secondary N) is 2. The van der Waals surface area contributed by atoms with Crippen LogP contribution in [0.25, 0.3) is 0 Å². The van der Waals surface area contributed by atoms with Gasteiger partial charge in [-0.15, -0.1) is 13.2 Å². The van der Waals surface area contributed by atoms with Gasteiger partial charge >= 0.3 is 0 Å². The van der Waals surface area contributed by atoms with Gasteiger partial charge in [0, 0.05) is 35.0 Å². The van der Waals surface area contributed by atoms with Gasteiger partial charge in [-0.2, -0.15) is 0 Å². The first-order valence-electron chi connectivity index (χ1n) is 2.92. The van der Waals surface area contributed by atoms with Crippen molar-refractivity contribution in [1.29, 1.82) is 0 Å². The fraction of sp³-hybridized carbons (Fsp3) is 0.333. The first kappa shape index (κ1) is 10.1. The summed E-state index contributed by atoms with van der Waals surface area (Å²) in [5, 5.41) is 0. The smallest absolute Gasteiger partial charge is 0.0245 e. The van der Waals surface area contributed by atoms with Gasteiger partial charge in [0.05, 0.1) is 0 Å². The highest BCUT2D eigenvalue weighted by atomic mass is 33.1. The van der Waals surface area contributed by atoms with Gasteiger partial charge in [0.2, 0.25) is 0 Å². The molecule has 2 N–H and O–H groups in total. The molecular formula is C6H12N2S2. The zero-order valence-electron chi connectivity index (χ0n) is 5.80. The molecule has 0 spiro atoms. The molecule has 0 aliphatic carbocycles. The lowest BCUT2D eigenvalue weighted by atomic mass is 10.7. The minimum Gasteiger partial charge on any atom is -0.250 e. The zero-order chi connectivity index (χ0) is 7.66. The summed E-state index contributed by atoms with van der Waals surface area (Å²) in [5.41, 5.74) is 0. The molecule has 0 amide bonds. The quantitative estimate of drug-likeness (QED) is 0.267. The summed E-state index contributed by atoms with van der Waals surface area (Å²) in [6.07, 6.45) is 3.64. The molecule has 10 heavy (non-hydrogen) atoms. The lowest BCUT2D eigenvalue weighted by Gasteiger charge is -1.98. The van der Waals surface area contributed by atoms with E-state index in [-0.39, 0.29) is 0 Å². The molecule has 0 saturated carbocycles. The molecule has 0 aromatic heterocycles. The molecule has 4 heteroatoms. The second-order valence-electron chi connectivity index (χ2n) is 1.44. The van der Waals surface area contributed by atoms with Gasteiger partial charge in [-0.1, -0.05) is 12.2 Å². The summed E-state index contributed by atoms with van der Waals surface area (Å²) in [6, 6.07) is 0. The standard InChI is InChI=1S/C6H12N2S2/c1-3-5-7-9-10-8-6-4-2/h3-4,7-8H,1-2,5-6H2. The molecule has 0 aromatic rings. The van der Waals surface area contributed by atoms with E-state index in [1.54, 1.807) is 22.0 Å². The topological polar surface area (TPSA) is 24.1 Å². The van der Waals surface area contributed by atoms with Crippen molar-refractivity contribution in [2.75, 3.05) is 13.1 Å². The number of rotatable bonds is 7. The minimum atomic E-state index is 0.827. The van der Waals surface area contributed by atoms with E-state index in [9.17, 15) is 0 Å². The SMILES string of the molecule is C=CCNSSNCC=C. The molecule has 0 atom stereocenters. The summed E-state index contributed by atoms with van der Waals surface area (Å²) in [6.45, 7) is 8.80. The Bertz CT molecular complexity index is 83.7. The van der Waals surface area contributed by atoms with Crippen LogP contribution in [0.15, 0.2) is 25.3 Å². The Balaban J connectivity index is 2.76. The molecule has 58 valence electrons. The third-order valence-corrected chi connectivity index (χ3v) is 2.22. The average molecular weight is 176 g/mol. The van der Waals surface area contributed by atoms with Crippen LogP contribution >= 0.6 is 22.0 Å². The van der Waals surface area contributed by atoms with Crippen molar-refractivity contribution in [3.8, 4) is 0 Å². The second kappa shape index (κ2) is 9.10. The Morgan fingerprint density at radius 2 is 1.40 bits per heavy atom. The summed E-state index contributed by atoms with van der Waals surface area (Å²) in [5.74, 6) is 0. The minimum absolute atomic E-state index is 0.827. The molecule has 0 unspecified atom stereocenters. The highest BCUT2D eigenvalue weighted by Crippen LogP contribution is 2.10. The number of hydrogen-bond acceptors (Lipinski definition) is 4. The van der Waals surface area contributed by atoms with E-state index >= 15 is 0 Å². The Morgan fingerprint density at radius 1 is 1.00 bits per heavy atom. The molecular weight excluding hydrogens is 164 g/mol. The summed E-state index contributed by atoms with van der Waals surface area (Å²) < 4.78 is 6.12. The Morgan fingerprint density at radius 3 is 1.70 bits per heavy atom. The molecule has 2 nitrogen and oxygen atoms in total. The van der Waals surface area contributed by atoms with Gasteiger partial charge in [0.25, 0.3) is 0 Å². The monoisotopic (exact) mass is 176 g/mol. The van der Waals surface area contributed by atoms with E-state index in [1.807, 2.05) is 12.2 Å². The van der Waals surface area contributed by atoms with Crippen LogP contribution in [-0.4, -0.2) is 13.1 Å². The molecule has 0 saturated heterocycles. The van der Waals surface area contributed by atoms with E-state index in [1.165, 1.54) is 0 Å². The maximum absolute atomic E-state index is 3.57. The molecule has 0 aliphatic rings. The van der Waals surface area contributed by atoms with Crippen LogP contribution in [0.4, 0.5) is 0 Å². The average Bonchev–Trinajstić information content (AvgIpc) is 1.97. The lowest BCUT2D eigenvalue weighted by molar-refractivity contribution is 1.13. The van der Waals surface area contributed by atoms with Crippen molar-refractivity contribution in [1.82, 2.24) is 9.44 Å². The van der Waals surface area contributed by atoms with Crippen molar-refractivity contribution in [3.63, 3.8) is 0 Å². The number of hydrogen-bond donors (Lipinski definition) is 2. The summed E-state index contributed by atoms with van der Waals surface area (Å²) >= 11 is 0. The van der Waals surface area contributed by atoms with Gasteiger partial charge in [-0.25, -0.2) is 9.44 Å². The van der Waals surface area contributed by atoms with Crippen LogP contribution in [0.2, 0.25) is 0 Å². The second-order valence-corrected chi connectivity index (χ2v) is 3.35. The fourth-order valence-corrected chi connectivity index (χ4v) is 1.50. The maximum Gasteiger partial charge on any atom is 0.0245 e. The van der Waals surface area contributed by atoms with Crippen molar-refractivity contribution in [2.45, 2.75) is 0 Å². The first-order valence-corrected chi connectivity index (χ1v) is 5.06. The third-order valence-electron chi connectivity index (χ3n) is 0.615. The predicted octanol–water partition coefficient (Wildman–Crippen LogP) is 1.75. The van der Waals surface area contributed by atoms with Gasteiger partial charge in [0.15, 0.2) is 0 Å². The molecule has 0 radical (unpaired) electrons. The zero-order valence-corrected chi connectivity index (χ0v) is 7.43. The largest absolute Gasteiger partial charge is 0.250 e. The van der Waals surface area contributed by atoms with Crippen molar-refractivity contribution < 1.29 is 0 Å². The summed E-state index contributed by atoms with van der Waals surface area (Å²) in [4.78, 5) is 0. The summed E-state index contributed by atoms with van der Waals surface area (Å²) in [7, 11) is 3.11. The van der Waals surface area contributed by atoms with Crippen LogP contribution in [0, 0.1) is 0 Å². The fourth-order valence-electron chi connectivity index (χ4n) is 0.245. The lowest BCUT2D eigenvalue weighted by Crippen LogP contribution is -2.05. The van der Waals surface area contributed by atoms with Gasteiger partial charge in [-0.05, 0) is 0 Å². The third kappa shape index (κ3) is 8.10. The predicted molar refractivity (Wildman–Crippen MR) is 51.6 cm³/mol. The Hall–Kier alpha value is 0.100. The van der Waals surface area contributed by atoms with Gasteiger partial charge < -0.3 is 0 Å². The maximum atomic E-state index is 3.57. The van der Waals surface area contributed by atoms with Crippen molar-refractivity contribution >= 4 is 22.0 Å². The molecule has 0 aliphatic heterocycles. The van der Waals surface area contributed by atoms with E-state index in [2.05, 4.69) is 22.6 Å². The Labute approximate surface area is 70.2 Å². The van der Waals surface area contributed by atoms with Crippen LogP contribution in [0.5, 0.6) is 0 Å². The molecule has 0 fully saturated rings. The van der Waals surface area contributed by atoms with E-state index in [0.29, 0.717) is 0 Å². The van der Waals surface area contributed by atoms with Crippen LogP contribution in [-0.2, 0) is 0 Å². The Kier molecular flexibility index (Phi) is 9.19. The van der Waals surface area contributed by atoms with Crippen molar-refractivity contribution in [2.24, 2.45) is 0 Å². The molecule has 0 heterocycles. The first-order chi connectivity index (χ1) is 4.91. The molecule has 0 aromatic carbocycles. The molecule has 0 rings (SSSR count). The van der Waals surface area contributed by atoms with E-state index in [4.69, 9.17) is 0 Å². The van der Waals surface area contributed by atoms with E-state index < -0.39 is 0 Å². The normalized spacial score (nSPS) is 9.20. The van der Waals surface area contributed by atoms with Gasteiger partial charge in [-0.3, -0.25) is 0 Å². The highest BCUT2D eigenvalue weighted by Gasteiger charge is 1.83. The van der Waals surface area contributed by atoms with Crippen molar-refractivity contribution in [3.05, 3.63) is 25.3 Å². The molecule has 0 bridgehead atoms. The van der Waals surface area contributed by atoms with Gasteiger partial charge in [0.1, 0.15) is 0 Å². The highest BCUT2D eigenvalue weighted by molar-refractivity contribution is 8.75. The van der Waals surface area contributed by atoms with Crippen LogP contribution in [0.1, 0.15) is 0 Å².